The van der Waals surface area contributed by atoms with Gasteiger partial charge in [0, 0.05) is 36.6 Å². The lowest BCUT2D eigenvalue weighted by Crippen LogP contribution is -2.36. The summed E-state index contributed by atoms with van der Waals surface area (Å²) in [6.07, 6.45) is 2.46. The summed E-state index contributed by atoms with van der Waals surface area (Å²) in [4.78, 5) is 22.6. The van der Waals surface area contributed by atoms with Crippen LogP contribution < -0.4 is 22.1 Å². The number of hydrogen-bond acceptors (Lipinski definition) is 9. The van der Waals surface area contributed by atoms with Gasteiger partial charge in [-0.25, -0.2) is 9.61 Å². The van der Waals surface area contributed by atoms with E-state index in [0.717, 1.165) is 25.1 Å². The van der Waals surface area contributed by atoms with Gasteiger partial charge in [0.2, 0.25) is 0 Å². The summed E-state index contributed by atoms with van der Waals surface area (Å²) in [7, 11) is 0. The molecule has 1 unspecified atom stereocenters. The first kappa shape index (κ1) is 19.9. The van der Waals surface area contributed by atoms with E-state index in [-0.39, 0.29) is 17.8 Å². The number of hydrogen-bond donors (Lipinski definition) is 4. The van der Waals surface area contributed by atoms with Crippen molar-refractivity contribution in [1.82, 2.24) is 35.5 Å². The van der Waals surface area contributed by atoms with Crippen molar-refractivity contribution in [2.45, 2.75) is 25.9 Å². The van der Waals surface area contributed by atoms with Crippen LogP contribution in [-0.4, -0.2) is 49.9 Å². The molecule has 11 heteroatoms. The Morgan fingerprint density at radius 2 is 2.19 bits per heavy atom. The average molecular weight is 433 g/mol. The third-order valence-electron chi connectivity index (χ3n) is 5.61. The summed E-state index contributed by atoms with van der Waals surface area (Å²) in [5.41, 5.74) is 15.9. The Kier molecular flexibility index (Phi) is 4.94. The molecule has 1 fully saturated rings. The molecule has 4 heterocycles. The minimum Gasteiger partial charge on any atom is -0.399 e. The van der Waals surface area contributed by atoms with Crippen molar-refractivity contribution in [1.29, 1.82) is 0 Å². The molecule has 0 spiro atoms. The highest BCUT2D eigenvalue weighted by Crippen LogP contribution is 2.34. The Bertz CT molecular complexity index is 1300. The number of aromatic nitrogens is 5. The Morgan fingerprint density at radius 3 is 2.88 bits per heavy atom. The normalized spacial score (nSPS) is 16.0. The number of benzene rings is 1. The monoisotopic (exact) mass is 433 g/mol. The highest BCUT2D eigenvalue weighted by atomic mass is 16.6. The Labute approximate surface area is 183 Å². The van der Waals surface area contributed by atoms with Crippen molar-refractivity contribution < 1.29 is 9.42 Å². The van der Waals surface area contributed by atoms with Gasteiger partial charge in [0.1, 0.15) is 5.52 Å². The van der Waals surface area contributed by atoms with Crippen LogP contribution in [0.4, 0.5) is 11.5 Å². The van der Waals surface area contributed by atoms with Crippen LogP contribution in [0.1, 0.15) is 23.7 Å². The van der Waals surface area contributed by atoms with E-state index in [2.05, 4.69) is 25.9 Å². The van der Waals surface area contributed by atoms with Crippen molar-refractivity contribution >= 4 is 28.4 Å². The number of carbonyl (C=O) groups is 1. The number of nitrogens with two attached hydrogens (primary N) is 2. The van der Waals surface area contributed by atoms with E-state index in [9.17, 15) is 4.79 Å². The van der Waals surface area contributed by atoms with Crippen LogP contribution in [0.15, 0.2) is 35.1 Å². The molecule has 1 atom stereocenters. The minimum absolute atomic E-state index is 0.0685. The minimum atomic E-state index is -0.206. The summed E-state index contributed by atoms with van der Waals surface area (Å²) in [5, 5.41) is 13.9. The topological polar surface area (TPSA) is 163 Å². The van der Waals surface area contributed by atoms with E-state index >= 15 is 0 Å². The van der Waals surface area contributed by atoms with E-state index in [0.29, 0.717) is 46.0 Å². The standard InChI is InChI=1S/C21H23N9O2/c1-2-30-18-14(21(31)26-13-6-7-24-9-13)10-25-15(11-4-3-5-12(22)8-11)16(18)27-20(30)17-19(23)29-32-28-17/h3-5,8,10,13,24H,2,6-7,9,22H2,1H3,(H2,23,29)(H,26,31). The summed E-state index contributed by atoms with van der Waals surface area (Å²) in [5.74, 6) is 0.371. The summed E-state index contributed by atoms with van der Waals surface area (Å²) >= 11 is 0. The summed E-state index contributed by atoms with van der Waals surface area (Å²) < 4.78 is 6.67. The molecule has 1 aliphatic heterocycles. The third-order valence-corrected chi connectivity index (χ3v) is 5.61. The highest BCUT2D eigenvalue weighted by molar-refractivity contribution is 6.08. The fourth-order valence-corrected chi connectivity index (χ4v) is 4.09. The number of pyridine rings is 1. The predicted octanol–water partition coefficient (Wildman–Crippen LogP) is 1.42. The van der Waals surface area contributed by atoms with Crippen LogP contribution in [0.25, 0.3) is 33.8 Å². The first-order valence-corrected chi connectivity index (χ1v) is 10.4. The van der Waals surface area contributed by atoms with E-state index in [1.165, 1.54) is 0 Å². The Morgan fingerprint density at radius 1 is 1.31 bits per heavy atom. The van der Waals surface area contributed by atoms with Crippen molar-refractivity contribution in [2.24, 2.45) is 0 Å². The molecule has 0 aliphatic carbocycles. The van der Waals surface area contributed by atoms with Gasteiger partial charge < -0.3 is 26.7 Å². The molecule has 0 bridgehead atoms. The molecule has 32 heavy (non-hydrogen) atoms. The van der Waals surface area contributed by atoms with Crippen LogP contribution in [0.3, 0.4) is 0 Å². The predicted molar refractivity (Wildman–Crippen MR) is 119 cm³/mol. The molecule has 6 N–H and O–H groups in total. The van der Waals surface area contributed by atoms with Crippen LogP contribution in [0.5, 0.6) is 0 Å². The molecule has 1 aromatic carbocycles. The largest absolute Gasteiger partial charge is 0.399 e. The number of rotatable bonds is 5. The molecule has 5 rings (SSSR count). The number of amides is 1. The van der Waals surface area contributed by atoms with Crippen molar-refractivity contribution in [3.05, 3.63) is 36.0 Å². The fourth-order valence-electron chi connectivity index (χ4n) is 4.09. The summed E-state index contributed by atoms with van der Waals surface area (Å²) in [6.45, 7) is 4.09. The number of fused-ring (bicyclic) bond motifs is 1. The molecule has 0 radical (unpaired) electrons. The molecule has 11 nitrogen and oxygen atoms in total. The lowest BCUT2D eigenvalue weighted by atomic mass is 10.1. The van der Waals surface area contributed by atoms with E-state index < -0.39 is 0 Å². The summed E-state index contributed by atoms with van der Waals surface area (Å²) in [6, 6.07) is 7.44. The van der Waals surface area contributed by atoms with Gasteiger partial charge >= 0.3 is 0 Å². The zero-order chi connectivity index (χ0) is 22.2. The maximum Gasteiger partial charge on any atom is 0.255 e. The second-order valence-electron chi connectivity index (χ2n) is 7.68. The smallest absolute Gasteiger partial charge is 0.255 e. The second kappa shape index (κ2) is 7.93. The number of anilines is 2. The van der Waals surface area contributed by atoms with Crippen molar-refractivity contribution in [3.63, 3.8) is 0 Å². The van der Waals surface area contributed by atoms with Gasteiger partial charge in [-0.3, -0.25) is 9.78 Å². The molecule has 1 aliphatic rings. The molecule has 1 saturated heterocycles. The van der Waals surface area contributed by atoms with Crippen LogP contribution in [-0.2, 0) is 6.54 Å². The maximum atomic E-state index is 13.2. The molecule has 164 valence electrons. The average Bonchev–Trinajstić information content (AvgIpc) is 3.52. The molecule has 4 aromatic rings. The van der Waals surface area contributed by atoms with Gasteiger partial charge in [-0.15, -0.1) is 0 Å². The van der Waals surface area contributed by atoms with Gasteiger partial charge in [0.05, 0.1) is 16.8 Å². The number of nitrogens with one attached hydrogen (secondary N) is 2. The van der Waals surface area contributed by atoms with E-state index in [1.54, 1.807) is 12.3 Å². The number of aryl methyl sites for hydroxylation is 1. The first-order valence-electron chi connectivity index (χ1n) is 10.4. The van der Waals surface area contributed by atoms with Crippen LogP contribution in [0.2, 0.25) is 0 Å². The molecule has 1 amide bonds. The lowest BCUT2D eigenvalue weighted by Gasteiger charge is -2.14. The highest BCUT2D eigenvalue weighted by Gasteiger charge is 2.27. The Hall–Kier alpha value is -3.99. The molecular formula is C21H23N9O2. The lowest BCUT2D eigenvalue weighted by molar-refractivity contribution is 0.0941. The number of nitrogen functional groups attached to an aromatic ring is 2. The first-order chi connectivity index (χ1) is 15.6. The third kappa shape index (κ3) is 3.32. The zero-order valence-corrected chi connectivity index (χ0v) is 17.5. The SMILES string of the molecule is CCn1c(-c2nonc2N)nc2c(-c3cccc(N)c3)ncc(C(=O)NC3CCNC3)c21. The number of carbonyl (C=O) groups excluding carboxylic acids is 1. The number of nitrogens with zero attached hydrogens (tertiary/aromatic N) is 5. The quantitative estimate of drug-likeness (QED) is 0.341. The maximum absolute atomic E-state index is 13.2. The van der Waals surface area contributed by atoms with Gasteiger partial charge in [-0.1, -0.05) is 12.1 Å². The van der Waals surface area contributed by atoms with E-state index in [1.807, 2.05) is 29.7 Å². The Balaban J connectivity index is 1.74. The van der Waals surface area contributed by atoms with Gasteiger partial charge in [0.15, 0.2) is 17.3 Å². The van der Waals surface area contributed by atoms with Crippen LogP contribution in [0, 0.1) is 0 Å². The van der Waals surface area contributed by atoms with Gasteiger partial charge in [0.25, 0.3) is 5.91 Å². The fraction of sp³-hybridized carbons (Fsp3) is 0.286. The van der Waals surface area contributed by atoms with Crippen molar-refractivity contribution in [2.75, 3.05) is 24.6 Å². The molecular weight excluding hydrogens is 410 g/mol. The molecule has 0 saturated carbocycles. The second-order valence-corrected chi connectivity index (χ2v) is 7.68. The van der Waals surface area contributed by atoms with Crippen molar-refractivity contribution in [3.8, 4) is 22.8 Å². The zero-order valence-electron chi connectivity index (χ0n) is 17.5. The van der Waals surface area contributed by atoms with Gasteiger partial charge in [-0.05, 0) is 42.3 Å². The molecule has 3 aromatic heterocycles. The van der Waals surface area contributed by atoms with Gasteiger partial charge in [-0.2, -0.15) is 0 Å². The number of imidazole rings is 1. The van der Waals surface area contributed by atoms with E-state index in [4.69, 9.17) is 21.1 Å². The van der Waals surface area contributed by atoms with Crippen LogP contribution >= 0.6 is 0 Å².